The van der Waals surface area contributed by atoms with Crippen LogP contribution in [-0.2, 0) is 51.8 Å². The van der Waals surface area contributed by atoms with Gasteiger partial charge in [-0.25, -0.2) is 14.4 Å². The molecule has 4 rings (SSSR count). The van der Waals surface area contributed by atoms with Gasteiger partial charge in [0.1, 0.15) is 0 Å². The van der Waals surface area contributed by atoms with E-state index >= 15 is 0 Å². The fourth-order valence-corrected chi connectivity index (χ4v) is 9.77. The van der Waals surface area contributed by atoms with Crippen LogP contribution < -0.4 is 0 Å². The summed E-state index contributed by atoms with van der Waals surface area (Å²) < 4.78 is 0. The Labute approximate surface area is 380 Å². The molecule has 0 bridgehead atoms. The van der Waals surface area contributed by atoms with E-state index in [1.807, 2.05) is 0 Å². The van der Waals surface area contributed by atoms with Crippen LogP contribution in [0.15, 0.2) is 59.2 Å². The first-order valence-electron chi connectivity index (χ1n) is 22.9. The lowest BCUT2D eigenvalue weighted by molar-refractivity contribution is 0.0680. The summed E-state index contributed by atoms with van der Waals surface area (Å²) >= 11 is 0. The van der Waals surface area contributed by atoms with Crippen LogP contribution in [-0.4, -0.2) is 33.2 Å². The second kappa shape index (κ2) is 16.8. The van der Waals surface area contributed by atoms with Gasteiger partial charge in [-0.15, -0.1) is 0 Å². The smallest absolute Gasteiger partial charge is 0.336 e. The van der Waals surface area contributed by atoms with Crippen LogP contribution in [0.25, 0.3) is 0 Å². The Hall–Kier alpha value is -4.45. The van der Waals surface area contributed by atoms with E-state index in [1.165, 1.54) is 16.7 Å². The van der Waals surface area contributed by atoms with E-state index in [4.69, 9.17) is 0 Å². The molecular weight excluding hydrogens is 781 g/mol. The maximum Gasteiger partial charge on any atom is 0.336 e. The van der Waals surface area contributed by atoms with Crippen molar-refractivity contribution in [2.75, 3.05) is 0 Å². The third kappa shape index (κ3) is 10.9. The zero-order valence-electron chi connectivity index (χ0n) is 42.8. The summed E-state index contributed by atoms with van der Waals surface area (Å²) in [6.07, 6.45) is 4.34. The fraction of sp³-hybridized carbons (Fsp3) is 0.561. The summed E-state index contributed by atoms with van der Waals surface area (Å²) in [4.78, 5) is 39.0. The first kappa shape index (κ1) is 51.2. The van der Waals surface area contributed by atoms with Crippen molar-refractivity contribution >= 4 is 17.9 Å². The molecule has 0 fully saturated rings. The average Bonchev–Trinajstić information content (AvgIpc) is 3.08. The predicted molar refractivity (Wildman–Crippen MR) is 262 cm³/mol. The Morgan fingerprint density at radius 1 is 0.476 bits per heavy atom. The van der Waals surface area contributed by atoms with Crippen LogP contribution in [0.2, 0.25) is 0 Å². The van der Waals surface area contributed by atoms with E-state index in [2.05, 4.69) is 188 Å². The third-order valence-corrected chi connectivity index (χ3v) is 13.4. The fourth-order valence-electron chi connectivity index (χ4n) is 9.77. The van der Waals surface area contributed by atoms with Crippen molar-refractivity contribution in [2.45, 2.75) is 197 Å². The van der Waals surface area contributed by atoms with Crippen molar-refractivity contribution in [1.82, 2.24) is 0 Å². The van der Waals surface area contributed by atoms with E-state index < -0.39 is 55.8 Å². The Bertz CT molecular complexity index is 2270. The van der Waals surface area contributed by atoms with Crippen LogP contribution >= 0.6 is 0 Å². The van der Waals surface area contributed by atoms with E-state index in [9.17, 15) is 29.7 Å². The number of carboxylic acids is 3. The Morgan fingerprint density at radius 3 is 0.984 bits per heavy atom. The third-order valence-electron chi connectivity index (χ3n) is 13.4. The molecule has 63 heavy (non-hydrogen) atoms. The molecule has 344 valence electrons. The number of aromatic carboxylic acids is 3. The summed E-state index contributed by atoms with van der Waals surface area (Å²) in [6.45, 7) is 44.3. The van der Waals surface area contributed by atoms with E-state index in [0.29, 0.717) is 36.0 Å². The van der Waals surface area contributed by atoms with Crippen molar-refractivity contribution in [2.24, 2.45) is 11.3 Å². The second-order valence-corrected chi connectivity index (χ2v) is 25.2. The molecule has 0 heterocycles. The minimum absolute atomic E-state index is 0.0524. The zero-order valence-corrected chi connectivity index (χ0v) is 42.8. The van der Waals surface area contributed by atoms with Gasteiger partial charge in [-0.2, -0.15) is 0 Å². The first-order chi connectivity index (χ1) is 28.2. The molecule has 0 radical (unpaired) electrons. The number of hydrogen-bond acceptors (Lipinski definition) is 3. The van der Waals surface area contributed by atoms with E-state index in [-0.39, 0.29) is 5.92 Å². The van der Waals surface area contributed by atoms with E-state index in [0.717, 1.165) is 50.1 Å². The Morgan fingerprint density at radius 2 is 0.730 bits per heavy atom. The lowest BCUT2D eigenvalue weighted by Crippen LogP contribution is -2.33. The number of benzene rings is 3. The molecule has 1 aliphatic carbocycles. The quantitative estimate of drug-likeness (QED) is 0.198. The number of allylic oxidation sites excluding steroid dienone is 4. The topological polar surface area (TPSA) is 112 Å². The van der Waals surface area contributed by atoms with Crippen LogP contribution in [0.5, 0.6) is 0 Å². The number of carbonyl (C=O) groups is 3. The molecule has 0 saturated carbocycles. The van der Waals surface area contributed by atoms with Crippen molar-refractivity contribution in [1.29, 1.82) is 0 Å². The molecule has 6 nitrogen and oxygen atoms in total. The monoisotopic (exact) mass is 861 g/mol. The van der Waals surface area contributed by atoms with Gasteiger partial charge in [0, 0.05) is 0 Å². The van der Waals surface area contributed by atoms with Crippen LogP contribution in [0.3, 0.4) is 0 Å². The molecule has 3 N–H and O–H groups in total. The summed E-state index contributed by atoms with van der Waals surface area (Å²) in [7, 11) is 0. The van der Waals surface area contributed by atoms with Gasteiger partial charge in [0.2, 0.25) is 0 Å². The molecule has 6 heteroatoms. The highest BCUT2D eigenvalue weighted by atomic mass is 16.4. The van der Waals surface area contributed by atoms with Crippen molar-refractivity contribution in [3.05, 3.63) is 126 Å². The normalized spacial score (nSPS) is 18.1. The van der Waals surface area contributed by atoms with Gasteiger partial charge in [0.15, 0.2) is 0 Å². The SMILES string of the molecule is CC1=C(Cc2cc(C(C)(C)C)c(C(=O)O)c(C(C)(C)C)c2)C(C)C(C)(Cc2cc(C(C)(C)C)c(C(=O)O)c(C(C)(C)C)c2)C=C1Cc1cc(C(C)(C)C)c(C(=O)O)c(C(C)(C)C)c1. The molecule has 0 aromatic heterocycles. The maximum absolute atomic E-state index is 13.0. The summed E-state index contributed by atoms with van der Waals surface area (Å²) in [5.41, 5.74) is 10.0. The summed E-state index contributed by atoms with van der Waals surface area (Å²) in [6, 6.07) is 12.7. The van der Waals surface area contributed by atoms with Crippen LogP contribution in [0.4, 0.5) is 0 Å². The van der Waals surface area contributed by atoms with Crippen molar-refractivity contribution in [3.63, 3.8) is 0 Å². The summed E-state index contributed by atoms with van der Waals surface area (Å²) in [5.74, 6) is -2.68. The van der Waals surface area contributed by atoms with Gasteiger partial charge in [-0.3, -0.25) is 0 Å². The maximum atomic E-state index is 13.0. The molecule has 3 aromatic rings. The molecule has 0 aliphatic heterocycles. The molecule has 0 saturated heterocycles. The molecule has 1 aliphatic rings. The Kier molecular flexibility index (Phi) is 13.7. The Balaban J connectivity index is 2.11. The lowest BCUT2D eigenvalue weighted by atomic mass is 9.62. The van der Waals surface area contributed by atoms with Gasteiger partial charge in [0.05, 0.1) is 16.7 Å². The van der Waals surface area contributed by atoms with Crippen molar-refractivity contribution in [3.8, 4) is 0 Å². The van der Waals surface area contributed by atoms with Crippen LogP contribution in [0.1, 0.15) is 227 Å². The highest BCUT2D eigenvalue weighted by molar-refractivity contribution is 5.94. The average molecular weight is 861 g/mol. The molecule has 0 spiro atoms. The van der Waals surface area contributed by atoms with Gasteiger partial charge < -0.3 is 15.3 Å². The molecular formula is C57H80O6. The van der Waals surface area contributed by atoms with Gasteiger partial charge in [-0.05, 0) is 131 Å². The van der Waals surface area contributed by atoms with Crippen LogP contribution in [0, 0.1) is 11.3 Å². The van der Waals surface area contributed by atoms with Gasteiger partial charge >= 0.3 is 17.9 Å². The van der Waals surface area contributed by atoms with Crippen molar-refractivity contribution < 1.29 is 29.7 Å². The predicted octanol–water partition coefficient (Wildman–Crippen LogP) is 14.5. The van der Waals surface area contributed by atoms with Gasteiger partial charge in [0.25, 0.3) is 0 Å². The number of hydrogen-bond donors (Lipinski definition) is 3. The minimum atomic E-state index is -0.913. The van der Waals surface area contributed by atoms with Gasteiger partial charge in [-0.1, -0.05) is 187 Å². The zero-order chi connectivity index (χ0) is 48.5. The minimum Gasteiger partial charge on any atom is -0.478 e. The molecule has 0 amide bonds. The molecule has 2 unspecified atom stereocenters. The highest BCUT2D eigenvalue weighted by Gasteiger charge is 2.40. The van der Waals surface area contributed by atoms with E-state index in [1.54, 1.807) is 0 Å². The largest absolute Gasteiger partial charge is 0.478 e. The number of rotatable bonds is 9. The second-order valence-electron chi connectivity index (χ2n) is 25.2. The lowest BCUT2D eigenvalue weighted by Gasteiger charge is -2.42. The summed E-state index contributed by atoms with van der Waals surface area (Å²) in [5, 5.41) is 31.9. The highest BCUT2D eigenvalue weighted by Crippen LogP contribution is 2.49. The number of carboxylic acid groups (broad SMARTS) is 3. The standard InChI is InChI=1S/C57H80O6/c1-32-37(22-34-24-39(51(3,4)5)45(48(58)59)40(25-34)52(6,7)8)31-57(21,30-36-28-43(55(15,16)17)47(50(62)63)44(29-36)56(18,19)20)33(2)38(32)23-35-26-41(53(9,10)11)46(49(60)61)42(27-35)54(12,13)14/h24-29,31,33H,22-23,30H2,1-21H3,(H,58,59)(H,60,61)(H,62,63). The first-order valence-corrected chi connectivity index (χ1v) is 22.9. The molecule has 3 aromatic carbocycles. The molecule has 2 atom stereocenters.